The van der Waals surface area contributed by atoms with Gasteiger partial charge in [0.15, 0.2) is 0 Å². The lowest BCUT2D eigenvalue weighted by atomic mass is 9.97. The monoisotopic (exact) mass is 240 g/mol. The number of hydrogen-bond donors (Lipinski definition) is 2. The minimum absolute atomic E-state index is 0.0451. The summed E-state index contributed by atoms with van der Waals surface area (Å²) in [6.07, 6.45) is -2.48. The molecule has 0 aromatic rings. The van der Waals surface area contributed by atoms with Crippen LogP contribution >= 0.6 is 0 Å². The van der Waals surface area contributed by atoms with Gasteiger partial charge in [-0.05, 0) is 25.3 Å². The van der Waals surface area contributed by atoms with Crippen LogP contribution in [0.1, 0.15) is 12.8 Å². The standard InChI is InChI=1S/C10H19F3N2O/c11-10(12,13)9(4-14)6-15-3-1-2-8(5-15)7-16/h8-9,16H,1-7,14H2. The van der Waals surface area contributed by atoms with Crippen molar-refractivity contribution in [3.8, 4) is 0 Å². The smallest absolute Gasteiger partial charge is 0.394 e. The summed E-state index contributed by atoms with van der Waals surface area (Å²) in [5.41, 5.74) is 5.15. The van der Waals surface area contributed by atoms with Crippen LogP contribution in [0, 0.1) is 11.8 Å². The Hall–Kier alpha value is -0.330. The Labute approximate surface area is 93.4 Å². The number of likely N-dealkylation sites (tertiary alicyclic amines) is 1. The summed E-state index contributed by atoms with van der Waals surface area (Å²) in [6, 6.07) is 0. The summed E-state index contributed by atoms with van der Waals surface area (Å²) in [7, 11) is 0. The minimum Gasteiger partial charge on any atom is -0.396 e. The van der Waals surface area contributed by atoms with Crippen LogP contribution in [0.3, 0.4) is 0 Å². The summed E-state index contributed by atoms with van der Waals surface area (Å²) in [5, 5.41) is 8.99. The number of alkyl halides is 3. The van der Waals surface area contributed by atoms with Crippen LogP contribution in [0.4, 0.5) is 13.2 Å². The number of rotatable bonds is 4. The van der Waals surface area contributed by atoms with E-state index in [0.29, 0.717) is 13.1 Å². The van der Waals surface area contributed by atoms with Crippen molar-refractivity contribution in [1.82, 2.24) is 4.90 Å². The van der Waals surface area contributed by atoms with Crippen molar-refractivity contribution in [2.24, 2.45) is 17.6 Å². The molecule has 2 unspecified atom stereocenters. The lowest BCUT2D eigenvalue weighted by Crippen LogP contribution is -2.45. The number of hydrogen-bond acceptors (Lipinski definition) is 3. The first kappa shape index (κ1) is 13.7. The summed E-state index contributed by atoms with van der Waals surface area (Å²) < 4.78 is 37.5. The van der Waals surface area contributed by atoms with Crippen molar-refractivity contribution in [3.05, 3.63) is 0 Å². The number of aliphatic hydroxyl groups excluding tert-OH is 1. The van der Waals surface area contributed by atoms with Crippen molar-refractivity contribution in [1.29, 1.82) is 0 Å². The minimum atomic E-state index is -4.22. The third kappa shape index (κ3) is 3.92. The van der Waals surface area contributed by atoms with Gasteiger partial charge >= 0.3 is 6.18 Å². The highest BCUT2D eigenvalue weighted by molar-refractivity contribution is 4.78. The molecule has 0 bridgehead atoms. The maximum atomic E-state index is 12.5. The van der Waals surface area contributed by atoms with Crippen molar-refractivity contribution in [2.45, 2.75) is 19.0 Å². The van der Waals surface area contributed by atoms with Crippen LogP contribution in [0.2, 0.25) is 0 Å². The van der Waals surface area contributed by atoms with E-state index in [0.717, 1.165) is 12.8 Å². The maximum absolute atomic E-state index is 12.5. The lowest BCUT2D eigenvalue weighted by molar-refractivity contribution is -0.177. The Balaban J connectivity index is 2.45. The second-order valence-electron chi connectivity index (χ2n) is 4.42. The van der Waals surface area contributed by atoms with Gasteiger partial charge in [-0.1, -0.05) is 0 Å². The van der Waals surface area contributed by atoms with Crippen LogP contribution in [-0.4, -0.2) is 49.0 Å². The van der Waals surface area contributed by atoms with E-state index in [1.165, 1.54) is 0 Å². The number of piperidine rings is 1. The molecule has 0 amide bonds. The molecule has 1 heterocycles. The van der Waals surface area contributed by atoms with Gasteiger partial charge in [0.1, 0.15) is 0 Å². The quantitative estimate of drug-likeness (QED) is 0.765. The number of nitrogens with zero attached hydrogens (tertiary/aromatic N) is 1. The van der Waals surface area contributed by atoms with Gasteiger partial charge in [0, 0.05) is 26.2 Å². The molecule has 96 valence electrons. The van der Waals surface area contributed by atoms with Crippen LogP contribution in [-0.2, 0) is 0 Å². The molecule has 0 saturated carbocycles. The predicted octanol–water partition coefficient (Wildman–Crippen LogP) is 0.828. The van der Waals surface area contributed by atoms with E-state index in [2.05, 4.69) is 0 Å². The largest absolute Gasteiger partial charge is 0.396 e. The molecule has 1 fully saturated rings. The topological polar surface area (TPSA) is 49.5 Å². The first-order valence-corrected chi connectivity index (χ1v) is 5.57. The summed E-state index contributed by atoms with van der Waals surface area (Å²) in [4.78, 5) is 1.76. The Morgan fingerprint density at radius 1 is 1.44 bits per heavy atom. The molecule has 0 aromatic carbocycles. The molecule has 1 aliphatic rings. The van der Waals surface area contributed by atoms with Gasteiger partial charge in [-0.3, -0.25) is 0 Å². The fourth-order valence-electron chi connectivity index (χ4n) is 2.09. The summed E-state index contributed by atoms with van der Waals surface area (Å²) in [5.74, 6) is -1.34. The van der Waals surface area contributed by atoms with E-state index in [1.54, 1.807) is 4.90 Å². The molecule has 3 nitrogen and oxygen atoms in total. The van der Waals surface area contributed by atoms with E-state index < -0.39 is 12.1 Å². The van der Waals surface area contributed by atoms with E-state index in [-0.39, 0.29) is 25.6 Å². The number of nitrogens with two attached hydrogens (primary N) is 1. The zero-order valence-corrected chi connectivity index (χ0v) is 9.21. The fourth-order valence-corrected chi connectivity index (χ4v) is 2.09. The van der Waals surface area contributed by atoms with Crippen molar-refractivity contribution in [2.75, 3.05) is 32.8 Å². The van der Waals surface area contributed by atoms with E-state index in [1.807, 2.05) is 0 Å². The Morgan fingerprint density at radius 2 is 2.12 bits per heavy atom. The Kier molecular flexibility index (Phi) is 5.01. The second kappa shape index (κ2) is 5.84. The molecule has 16 heavy (non-hydrogen) atoms. The van der Waals surface area contributed by atoms with Gasteiger partial charge in [0.2, 0.25) is 0 Å². The first-order valence-electron chi connectivity index (χ1n) is 5.57. The van der Waals surface area contributed by atoms with Crippen LogP contribution in [0.5, 0.6) is 0 Å². The first-order chi connectivity index (χ1) is 7.47. The van der Waals surface area contributed by atoms with Gasteiger partial charge in [0.05, 0.1) is 5.92 Å². The van der Waals surface area contributed by atoms with Crippen molar-refractivity contribution in [3.63, 3.8) is 0 Å². The van der Waals surface area contributed by atoms with Crippen molar-refractivity contribution < 1.29 is 18.3 Å². The van der Waals surface area contributed by atoms with Gasteiger partial charge in [-0.25, -0.2) is 0 Å². The normalized spacial score (nSPS) is 25.7. The molecule has 3 N–H and O–H groups in total. The molecule has 0 spiro atoms. The molecule has 0 aliphatic carbocycles. The Bertz CT molecular complexity index is 211. The second-order valence-corrected chi connectivity index (χ2v) is 4.42. The molecule has 0 radical (unpaired) electrons. The molecule has 1 aliphatic heterocycles. The highest BCUT2D eigenvalue weighted by Gasteiger charge is 2.39. The zero-order chi connectivity index (χ0) is 12.2. The van der Waals surface area contributed by atoms with Crippen LogP contribution in [0.15, 0.2) is 0 Å². The molecular weight excluding hydrogens is 221 g/mol. The number of halogens is 3. The number of aliphatic hydroxyl groups is 1. The van der Waals surface area contributed by atoms with Crippen LogP contribution in [0.25, 0.3) is 0 Å². The lowest BCUT2D eigenvalue weighted by Gasteiger charge is -2.34. The SMILES string of the molecule is NCC(CN1CCCC(CO)C1)C(F)(F)F. The average molecular weight is 240 g/mol. The fraction of sp³-hybridized carbons (Fsp3) is 1.00. The molecule has 1 rings (SSSR count). The molecular formula is C10H19F3N2O. The van der Waals surface area contributed by atoms with Gasteiger partial charge in [-0.2, -0.15) is 13.2 Å². The summed E-state index contributed by atoms with van der Waals surface area (Å²) in [6.45, 7) is 0.849. The Morgan fingerprint density at radius 3 is 2.62 bits per heavy atom. The van der Waals surface area contributed by atoms with Gasteiger partial charge in [0.25, 0.3) is 0 Å². The predicted molar refractivity (Wildman–Crippen MR) is 54.8 cm³/mol. The van der Waals surface area contributed by atoms with E-state index in [9.17, 15) is 13.2 Å². The zero-order valence-electron chi connectivity index (χ0n) is 9.21. The highest BCUT2D eigenvalue weighted by atomic mass is 19.4. The third-order valence-corrected chi connectivity index (χ3v) is 3.09. The van der Waals surface area contributed by atoms with E-state index >= 15 is 0 Å². The molecule has 0 aromatic heterocycles. The highest BCUT2D eigenvalue weighted by Crippen LogP contribution is 2.27. The molecule has 6 heteroatoms. The molecule has 1 saturated heterocycles. The van der Waals surface area contributed by atoms with Crippen molar-refractivity contribution >= 4 is 0 Å². The summed E-state index contributed by atoms with van der Waals surface area (Å²) >= 11 is 0. The van der Waals surface area contributed by atoms with Crippen LogP contribution < -0.4 is 5.73 Å². The van der Waals surface area contributed by atoms with Gasteiger partial charge in [-0.15, -0.1) is 0 Å². The maximum Gasteiger partial charge on any atom is 0.394 e. The average Bonchev–Trinajstić information content (AvgIpc) is 2.24. The third-order valence-electron chi connectivity index (χ3n) is 3.09. The molecule has 2 atom stereocenters. The van der Waals surface area contributed by atoms with Gasteiger partial charge < -0.3 is 15.7 Å². The van der Waals surface area contributed by atoms with E-state index in [4.69, 9.17) is 10.8 Å².